The van der Waals surface area contributed by atoms with E-state index < -0.39 is 0 Å². The minimum Gasteiger partial charge on any atom is -0.271 e. The number of nitrogens with two attached hydrogens (primary N) is 1. The topological polar surface area (TPSA) is 50.9 Å². The highest BCUT2D eigenvalue weighted by molar-refractivity contribution is 6.29. The monoisotopic (exact) mass is 229 g/mol. The molecular formula is C6H10Cl3N3. The van der Waals surface area contributed by atoms with Gasteiger partial charge in [0.05, 0.1) is 0 Å². The molecule has 0 fully saturated rings. The zero-order valence-corrected chi connectivity index (χ0v) is 8.55. The van der Waals surface area contributed by atoms with E-state index >= 15 is 0 Å². The highest BCUT2D eigenvalue weighted by atomic mass is 35.5. The van der Waals surface area contributed by atoms with Crippen LogP contribution in [0.4, 0.5) is 0 Å². The molecule has 0 atom stereocenters. The summed E-state index contributed by atoms with van der Waals surface area (Å²) in [6.45, 7) is 0.613. The van der Waals surface area contributed by atoms with Gasteiger partial charge in [0.1, 0.15) is 5.15 Å². The largest absolute Gasteiger partial charge is 0.271 e. The third-order valence-corrected chi connectivity index (χ3v) is 1.30. The molecule has 0 aromatic carbocycles. The lowest BCUT2D eigenvalue weighted by Gasteiger charge is -1.97. The molecule has 1 rings (SSSR count). The molecule has 0 aliphatic rings. The first-order chi connectivity index (χ1) is 4.83. The van der Waals surface area contributed by atoms with Gasteiger partial charge in [-0.05, 0) is 17.7 Å². The van der Waals surface area contributed by atoms with Crippen LogP contribution in [-0.2, 0) is 6.54 Å². The summed E-state index contributed by atoms with van der Waals surface area (Å²) in [7, 11) is 0. The summed E-state index contributed by atoms with van der Waals surface area (Å²) in [6.07, 6.45) is 1.65. The molecule has 70 valence electrons. The highest BCUT2D eigenvalue weighted by Gasteiger charge is 1.91. The van der Waals surface area contributed by atoms with E-state index in [1.165, 1.54) is 0 Å². The zero-order chi connectivity index (χ0) is 7.40. The molecule has 0 radical (unpaired) electrons. The second-order valence-electron chi connectivity index (χ2n) is 1.87. The molecule has 0 amide bonds. The van der Waals surface area contributed by atoms with E-state index in [0.29, 0.717) is 11.7 Å². The molecule has 0 saturated carbocycles. The van der Waals surface area contributed by atoms with Gasteiger partial charge in [-0.15, -0.1) is 24.8 Å². The SMILES string of the molecule is Cl.Cl.NNCc1ccnc(Cl)c1. The van der Waals surface area contributed by atoms with Crippen LogP contribution in [-0.4, -0.2) is 4.98 Å². The lowest BCUT2D eigenvalue weighted by molar-refractivity contribution is 0.740. The van der Waals surface area contributed by atoms with Gasteiger partial charge < -0.3 is 0 Å². The van der Waals surface area contributed by atoms with Crippen LogP contribution < -0.4 is 11.3 Å². The number of nitrogens with zero attached hydrogens (tertiary/aromatic N) is 1. The maximum Gasteiger partial charge on any atom is 0.129 e. The minimum absolute atomic E-state index is 0. The van der Waals surface area contributed by atoms with Crippen LogP contribution in [0.25, 0.3) is 0 Å². The summed E-state index contributed by atoms with van der Waals surface area (Å²) in [6, 6.07) is 3.62. The Balaban J connectivity index is 0. The van der Waals surface area contributed by atoms with Crippen molar-refractivity contribution in [2.24, 2.45) is 5.84 Å². The lowest BCUT2D eigenvalue weighted by Crippen LogP contribution is -2.20. The van der Waals surface area contributed by atoms with Crippen molar-refractivity contribution in [2.75, 3.05) is 0 Å². The average Bonchev–Trinajstić information content (AvgIpc) is 1.88. The number of rotatable bonds is 2. The Bertz CT molecular complexity index is 219. The van der Waals surface area contributed by atoms with Crippen LogP contribution in [0.15, 0.2) is 18.3 Å². The molecule has 0 aliphatic carbocycles. The van der Waals surface area contributed by atoms with Gasteiger partial charge in [0.15, 0.2) is 0 Å². The van der Waals surface area contributed by atoms with Crippen molar-refractivity contribution in [2.45, 2.75) is 6.54 Å². The normalized spacial score (nSPS) is 8.17. The maximum atomic E-state index is 5.60. The van der Waals surface area contributed by atoms with Crippen molar-refractivity contribution in [1.29, 1.82) is 0 Å². The van der Waals surface area contributed by atoms with Crippen molar-refractivity contribution >= 4 is 36.4 Å². The molecule has 12 heavy (non-hydrogen) atoms. The van der Waals surface area contributed by atoms with Crippen molar-refractivity contribution in [3.8, 4) is 0 Å². The van der Waals surface area contributed by atoms with E-state index in [4.69, 9.17) is 17.4 Å². The molecule has 1 heterocycles. The molecule has 0 spiro atoms. The third kappa shape index (κ3) is 4.74. The molecular weight excluding hydrogens is 220 g/mol. The van der Waals surface area contributed by atoms with E-state index in [0.717, 1.165) is 5.56 Å². The van der Waals surface area contributed by atoms with Gasteiger partial charge >= 0.3 is 0 Å². The fraction of sp³-hybridized carbons (Fsp3) is 0.167. The number of pyridine rings is 1. The summed E-state index contributed by atoms with van der Waals surface area (Å²) >= 11 is 5.60. The van der Waals surface area contributed by atoms with Crippen LogP contribution in [0.2, 0.25) is 5.15 Å². The Labute approximate surface area is 88.5 Å². The van der Waals surface area contributed by atoms with Crippen molar-refractivity contribution < 1.29 is 0 Å². The predicted octanol–water partition coefficient (Wildman–Crippen LogP) is 1.54. The zero-order valence-electron chi connectivity index (χ0n) is 6.16. The molecule has 0 unspecified atom stereocenters. The van der Waals surface area contributed by atoms with Gasteiger partial charge in [-0.2, -0.15) is 0 Å². The number of hydrogen-bond donors (Lipinski definition) is 2. The van der Waals surface area contributed by atoms with E-state index in [9.17, 15) is 0 Å². The molecule has 1 aromatic rings. The summed E-state index contributed by atoms with van der Waals surface area (Å²) in [5.41, 5.74) is 3.55. The molecule has 0 aliphatic heterocycles. The second-order valence-corrected chi connectivity index (χ2v) is 2.25. The first-order valence-electron chi connectivity index (χ1n) is 2.87. The van der Waals surface area contributed by atoms with Crippen LogP contribution >= 0.6 is 36.4 Å². The summed E-state index contributed by atoms with van der Waals surface area (Å²) in [5.74, 6) is 5.10. The van der Waals surface area contributed by atoms with E-state index in [1.807, 2.05) is 6.07 Å². The molecule has 6 heteroatoms. The van der Waals surface area contributed by atoms with Gasteiger partial charge in [0.25, 0.3) is 0 Å². The van der Waals surface area contributed by atoms with Gasteiger partial charge in [-0.3, -0.25) is 11.3 Å². The summed E-state index contributed by atoms with van der Waals surface area (Å²) in [4.78, 5) is 3.82. The molecule has 3 nitrogen and oxygen atoms in total. The number of aromatic nitrogens is 1. The average molecular weight is 231 g/mol. The molecule has 0 bridgehead atoms. The Morgan fingerprint density at radius 1 is 1.50 bits per heavy atom. The van der Waals surface area contributed by atoms with Gasteiger partial charge in [0.2, 0.25) is 0 Å². The lowest BCUT2D eigenvalue weighted by atomic mass is 10.3. The van der Waals surface area contributed by atoms with E-state index in [2.05, 4.69) is 10.4 Å². The van der Waals surface area contributed by atoms with Crippen LogP contribution in [0.5, 0.6) is 0 Å². The van der Waals surface area contributed by atoms with Crippen LogP contribution in [0, 0.1) is 0 Å². The first-order valence-corrected chi connectivity index (χ1v) is 3.24. The number of hydrazine groups is 1. The first kappa shape index (κ1) is 14.5. The Hall–Kier alpha value is -0.0600. The Morgan fingerprint density at radius 3 is 2.67 bits per heavy atom. The molecule has 3 N–H and O–H groups in total. The minimum atomic E-state index is 0. The van der Waals surface area contributed by atoms with Gasteiger partial charge in [-0.25, -0.2) is 4.98 Å². The summed E-state index contributed by atoms with van der Waals surface area (Å²) < 4.78 is 0. The van der Waals surface area contributed by atoms with E-state index in [1.54, 1.807) is 12.3 Å². The fourth-order valence-electron chi connectivity index (χ4n) is 0.670. The molecule has 0 saturated heterocycles. The van der Waals surface area contributed by atoms with Gasteiger partial charge in [-0.1, -0.05) is 11.6 Å². The highest BCUT2D eigenvalue weighted by Crippen LogP contribution is 2.05. The summed E-state index contributed by atoms with van der Waals surface area (Å²) in [5, 5.41) is 0.493. The second kappa shape index (κ2) is 7.58. The third-order valence-electron chi connectivity index (χ3n) is 1.10. The fourth-order valence-corrected chi connectivity index (χ4v) is 0.867. The van der Waals surface area contributed by atoms with Gasteiger partial charge in [0, 0.05) is 12.7 Å². The van der Waals surface area contributed by atoms with Crippen molar-refractivity contribution in [3.63, 3.8) is 0 Å². The molecule has 1 aromatic heterocycles. The Kier molecular flexibility index (Phi) is 9.14. The quantitative estimate of drug-likeness (QED) is 0.460. The van der Waals surface area contributed by atoms with Crippen LogP contribution in [0.3, 0.4) is 0 Å². The Morgan fingerprint density at radius 2 is 2.17 bits per heavy atom. The van der Waals surface area contributed by atoms with Crippen LogP contribution in [0.1, 0.15) is 5.56 Å². The standard InChI is InChI=1S/C6H8ClN3.2ClH/c7-6-3-5(4-10-8)1-2-9-6;;/h1-3,10H,4,8H2;2*1H. The maximum absolute atomic E-state index is 5.60. The van der Waals surface area contributed by atoms with Crippen molar-refractivity contribution in [3.05, 3.63) is 29.0 Å². The van der Waals surface area contributed by atoms with E-state index in [-0.39, 0.29) is 24.8 Å². The number of halogens is 3. The number of nitrogens with one attached hydrogen (secondary N) is 1. The van der Waals surface area contributed by atoms with Crippen molar-refractivity contribution in [1.82, 2.24) is 10.4 Å². The smallest absolute Gasteiger partial charge is 0.129 e. The predicted molar refractivity (Wildman–Crippen MR) is 54.8 cm³/mol. The number of hydrogen-bond acceptors (Lipinski definition) is 3.